The molecule has 0 spiro atoms. The Balaban J connectivity index is 3.13. The van der Waals surface area contributed by atoms with Crippen molar-refractivity contribution in [1.29, 1.82) is 0 Å². The highest BCUT2D eigenvalue weighted by Crippen LogP contribution is 1.90. The van der Waals surface area contributed by atoms with Crippen LogP contribution in [0.5, 0.6) is 0 Å². The number of aliphatic hydroxyl groups excluding tert-OH is 1. The zero-order valence-corrected chi connectivity index (χ0v) is 10.2. The molecule has 92 valence electrons. The molecule has 1 unspecified atom stereocenters. The first-order valence-electron chi connectivity index (χ1n) is 5.75. The Morgan fingerprint density at radius 1 is 1.33 bits per heavy atom. The maximum absolute atomic E-state index is 9.48. The number of rotatable bonds is 10. The van der Waals surface area contributed by atoms with E-state index in [2.05, 4.69) is 5.32 Å². The van der Waals surface area contributed by atoms with Gasteiger partial charge in [-0.2, -0.15) is 0 Å². The third kappa shape index (κ3) is 11.8. The van der Waals surface area contributed by atoms with Crippen LogP contribution in [0.15, 0.2) is 0 Å². The maximum atomic E-state index is 9.48. The van der Waals surface area contributed by atoms with E-state index in [1.807, 2.05) is 20.8 Å². The van der Waals surface area contributed by atoms with Crippen LogP contribution in [0.2, 0.25) is 0 Å². The van der Waals surface area contributed by atoms with E-state index >= 15 is 0 Å². The van der Waals surface area contributed by atoms with E-state index in [4.69, 9.17) is 9.47 Å². The first-order chi connectivity index (χ1) is 7.16. The van der Waals surface area contributed by atoms with Crippen molar-refractivity contribution in [3.8, 4) is 0 Å². The van der Waals surface area contributed by atoms with Gasteiger partial charge in [-0.25, -0.2) is 0 Å². The molecular formula is C11H25NO3. The molecule has 0 fully saturated rings. The van der Waals surface area contributed by atoms with Crippen molar-refractivity contribution in [1.82, 2.24) is 5.32 Å². The number of aliphatic hydroxyl groups is 1. The Hall–Kier alpha value is -0.160. The molecule has 15 heavy (non-hydrogen) atoms. The summed E-state index contributed by atoms with van der Waals surface area (Å²) in [5, 5.41) is 12.6. The molecule has 0 saturated heterocycles. The van der Waals surface area contributed by atoms with Crippen molar-refractivity contribution in [2.24, 2.45) is 0 Å². The average molecular weight is 219 g/mol. The maximum Gasteiger partial charge on any atom is 0.0897 e. The van der Waals surface area contributed by atoms with E-state index in [9.17, 15) is 5.11 Å². The van der Waals surface area contributed by atoms with Crippen LogP contribution in [0.1, 0.15) is 27.2 Å². The first-order valence-corrected chi connectivity index (χ1v) is 5.75. The lowest BCUT2D eigenvalue weighted by Gasteiger charge is -2.14. The van der Waals surface area contributed by atoms with Gasteiger partial charge < -0.3 is 19.9 Å². The van der Waals surface area contributed by atoms with Crippen LogP contribution in [0.4, 0.5) is 0 Å². The zero-order chi connectivity index (χ0) is 11.5. The van der Waals surface area contributed by atoms with E-state index in [0.717, 1.165) is 26.2 Å². The molecule has 0 aromatic heterocycles. The van der Waals surface area contributed by atoms with E-state index in [-0.39, 0.29) is 6.10 Å². The van der Waals surface area contributed by atoms with Gasteiger partial charge >= 0.3 is 0 Å². The summed E-state index contributed by atoms with van der Waals surface area (Å²) in [5.41, 5.74) is 0. The molecule has 0 rings (SSSR count). The van der Waals surface area contributed by atoms with Gasteiger partial charge in [0.1, 0.15) is 0 Å². The van der Waals surface area contributed by atoms with E-state index in [1.54, 1.807) is 0 Å². The molecule has 0 saturated carbocycles. The monoisotopic (exact) mass is 219 g/mol. The minimum Gasteiger partial charge on any atom is -0.389 e. The first kappa shape index (κ1) is 14.8. The van der Waals surface area contributed by atoms with Gasteiger partial charge in [0.15, 0.2) is 0 Å². The second kappa shape index (κ2) is 10.4. The molecule has 0 bridgehead atoms. The van der Waals surface area contributed by atoms with Crippen LogP contribution in [0.25, 0.3) is 0 Å². The van der Waals surface area contributed by atoms with Crippen molar-refractivity contribution in [3.63, 3.8) is 0 Å². The highest BCUT2D eigenvalue weighted by molar-refractivity contribution is 4.58. The molecule has 4 nitrogen and oxygen atoms in total. The van der Waals surface area contributed by atoms with E-state index in [1.165, 1.54) is 0 Å². The van der Waals surface area contributed by atoms with Gasteiger partial charge in [-0.05, 0) is 33.7 Å². The molecule has 1 atom stereocenters. The largest absolute Gasteiger partial charge is 0.389 e. The molecule has 0 radical (unpaired) electrons. The molecule has 0 heterocycles. The third-order valence-corrected chi connectivity index (χ3v) is 1.85. The summed E-state index contributed by atoms with van der Waals surface area (Å²) in [6.07, 6.45) is 0.739. The molecule has 0 aliphatic rings. The van der Waals surface area contributed by atoms with Crippen LogP contribution < -0.4 is 5.32 Å². The summed E-state index contributed by atoms with van der Waals surface area (Å²) in [6.45, 7) is 9.31. The average Bonchev–Trinajstić information content (AvgIpc) is 2.20. The SMILES string of the molecule is CCOCCCNCC(O)COC(C)C. The highest BCUT2D eigenvalue weighted by Gasteiger charge is 2.04. The molecule has 0 aromatic rings. The van der Waals surface area contributed by atoms with Crippen LogP contribution in [0.3, 0.4) is 0 Å². The fourth-order valence-corrected chi connectivity index (χ4v) is 1.07. The van der Waals surface area contributed by atoms with Gasteiger partial charge in [-0.3, -0.25) is 0 Å². The summed E-state index contributed by atoms with van der Waals surface area (Å²) < 4.78 is 10.5. The standard InChI is InChI=1S/C11H25NO3/c1-4-14-7-5-6-12-8-11(13)9-15-10(2)3/h10-13H,4-9H2,1-3H3. The quantitative estimate of drug-likeness (QED) is 0.533. The summed E-state index contributed by atoms with van der Waals surface area (Å²) in [7, 11) is 0. The molecular weight excluding hydrogens is 194 g/mol. The second-order valence-corrected chi connectivity index (χ2v) is 3.79. The highest BCUT2D eigenvalue weighted by atomic mass is 16.5. The Morgan fingerprint density at radius 2 is 2.07 bits per heavy atom. The second-order valence-electron chi connectivity index (χ2n) is 3.79. The van der Waals surface area contributed by atoms with Crippen LogP contribution in [0, 0.1) is 0 Å². The van der Waals surface area contributed by atoms with Gasteiger partial charge in [-0.1, -0.05) is 0 Å². The lowest BCUT2D eigenvalue weighted by atomic mass is 10.3. The van der Waals surface area contributed by atoms with Crippen LogP contribution in [-0.4, -0.2) is 50.2 Å². The topological polar surface area (TPSA) is 50.7 Å². The fourth-order valence-electron chi connectivity index (χ4n) is 1.07. The van der Waals surface area contributed by atoms with Gasteiger partial charge in [0.25, 0.3) is 0 Å². The number of hydrogen-bond donors (Lipinski definition) is 2. The molecule has 4 heteroatoms. The minimum atomic E-state index is -0.417. The van der Waals surface area contributed by atoms with Crippen LogP contribution >= 0.6 is 0 Å². The van der Waals surface area contributed by atoms with Crippen molar-refractivity contribution >= 4 is 0 Å². The molecule has 0 aromatic carbocycles. The fraction of sp³-hybridized carbons (Fsp3) is 1.00. The van der Waals surface area contributed by atoms with Gasteiger partial charge in [0.05, 0.1) is 18.8 Å². The number of hydrogen-bond acceptors (Lipinski definition) is 4. The Labute approximate surface area is 93.0 Å². The number of nitrogens with one attached hydrogen (secondary N) is 1. The normalized spacial score (nSPS) is 13.4. The van der Waals surface area contributed by atoms with Crippen molar-refractivity contribution in [3.05, 3.63) is 0 Å². The van der Waals surface area contributed by atoms with E-state index < -0.39 is 6.10 Å². The Morgan fingerprint density at radius 3 is 2.67 bits per heavy atom. The Kier molecular flexibility index (Phi) is 10.3. The lowest BCUT2D eigenvalue weighted by Crippen LogP contribution is -2.32. The van der Waals surface area contributed by atoms with Gasteiger partial charge in [0.2, 0.25) is 0 Å². The van der Waals surface area contributed by atoms with Gasteiger partial charge in [0, 0.05) is 19.8 Å². The van der Waals surface area contributed by atoms with Crippen molar-refractivity contribution < 1.29 is 14.6 Å². The van der Waals surface area contributed by atoms with Crippen LogP contribution in [-0.2, 0) is 9.47 Å². The smallest absolute Gasteiger partial charge is 0.0897 e. The summed E-state index contributed by atoms with van der Waals surface area (Å²) in [5.74, 6) is 0. The predicted molar refractivity (Wildman–Crippen MR) is 61.1 cm³/mol. The van der Waals surface area contributed by atoms with Crippen molar-refractivity contribution in [2.45, 2.75) is 39.4 Å². The van der Waals surface area contributed by atoms with Crippen molar-refractivity contribution in [2.75, 3.05) is 32.9 Å². The lowest BCUT2D eigenvalue weighted by molar-refractivity contribution is 0.00629. The predicted octanol–water partition coefficient (Wildman–Crippen LogP) is 0.788. The minimum absolute atomic E-state index is 0.178. The summed E-state index contributed by atoms with van der Waals surface area (Å²) >= 11 is 0. The van der Waals surface area contributed by atoms with E-state index in [0.29, 0.717) is 13.2 Å². The molecule has 2 N–H and O–H groups in total. The molecule has 0 aliphatic carbocycles. The number of ether oxygens (including phenoxy) is 2. The summed E-state index contributed by atoms with van der Waals surface area (Å²) in [6, 6.07) is 0. The third-order valence-electron chi connectivity index (χ3n) is 1.85. The van der Waals surface area contributed by atoms with Gasteiger partial charge in [-0.15, -0.1) is 0 Å². The summed E-state index contributed by atoms with van der Waals surface area (Å²) in [4.78, 5) is 0. The molecule has 0 aliphatic heterocycles. The molecule has 0 amide bonds. The zero-order valence-electron chi connectivity index (χ0n) is 10.2. The Bertz CT molecular complexity index is 131.